The van der Waals surface area contributed by atoms with E-state index in [1.807, 2.05) is 36.2 Å². The Morgan fingerprint density at radius 2 is 1.91 bits per heavy atom. The van der Waals surface area contributed by atoms with Crippen LogP contribution in [0, 0.1) is 0 Å². The molecule has 4 aromatic heterocycles. The second kappa shape index (κ2) is 11.9. The first-order chi connectivity index (χ1) is 21.3. The van der Waals surface area contributed by atoms with Crippen LogP contribution in [0.5, 0.6) is 5.75 Å². The van der Waals surface area contributed by atoms with Crippen molar-refractivity contribution in [2.24, 2.45) is 0 Å². The van der Waals surface area contributed by atoms with Crippen molar-refractivity contribution in [3.8, 4) is 11.6 Å². The van der Waals surface area contributed by atoms with E-state index in [0.29, 0.717) is 42.5 Å². The summed E-state index contributed by atoms with van der Waals surface area (Å²) >= 11 is 0. The molecule has 0 unspecified atom stereocenters. The van der Waals surface area contributed by atoms with E-state index in [4.69, 9.17) is 4.74 Å². The van der Waals surface area contributed by atoms with Gasteiger partial charge in [-0.05, 0) is 48.4 Å². The number of carbonyl (C=O) groups is 2. The van der Waals surface area contributed by atoms with Crippen molar-refractivity contribution in [2.75, 3.05) is 38.0 Å². The molecular formula is C31H31N9O4. The second-order valence-electron chi connectivity index (χ2n) is 10.5. The minimum atomic E-state index is -0.619. The summed E-state index contributed by atoms with van der Waals surface area (Å²) in [7, 11) is 5.23. The largest absolute Gasteiger partial charge is 0.497 e. The maximum absolute atomic E-state index is 13.4. The number of anilines is 3. The molecule has 0 bridgehead atoms. The molecule has 0 spiro atoms. The van der Waals surface area contributed by atoms with Crippen LogP contribution >= 0.6 is 0 Å². The molecule has 1 aliphatic heterocycles. The maximum atomic E-state index is 13.4. The normalized spacial score (nSPS) is 14.6. The van der Waals surface area contributed by atoms with Crippen LogP contribution in [0.3, 0.4) is 0 Å². The summed E-state index contributed by atoms with van der Waals surface area (Å²) in [6.45, 7) is 1.08. The third-order valence-corrected chi connectivity index (χ3v) is 7.51. The standard InChI is InChI=1S/C31H31N9O4/c1-37-16-13-23(30(37)42)35-29(41)25-18-33-28-24(38(2)19-20-9-11-21(44-3)12-10-20)17-26(36-40(25)28)34-22-7-6-15-39(31(22)43)27-8-4-5-14-32-27/h4-12,14-15,17-18,23H,13,16,19H2,1-3H3,(H,34,36)(H,35,41)/t23-/m0/s1. The molecular weight excluding hydrogens is 562 g/mol. The molecule has 1 atom stereocenters. The first-order valence-electron chi connectivity index (χ1n) is 14.0. The van der Waals surface area contributed by atoms with Gasteiger partial charge in [-0.15, -0.1) is 5.10 Å². The van der Waals surface area contributed by atoms with Gasteiger partial charge >= 0.3 is 0 Å². The number of hydrogen-bond acceptors (Lipinski definition) is 9. The molecule has 5 aromatic rings. The summed E-state index contributed by atoms with van der Waals surface area (Å²) in [6, 6.07) is 17.6. The number of ether oxygens (including phenoxy) is 1. The summed E-state index contributed by atoms with van der Waals surface area (Å²) in [5.41, 5.74) is 2.21. The van der Waals surface area contributed by atoms with Crippen LogP contribution in [0.2, 0.25) is 0 Å². The van der Waals surface area contributed by atoms with Crippen molar-refractivity contribution in [1.29, 1.82) is 0 Å². The van der Waals surface area contributed by atoms with Gasteiger partial charge in [-0.2, -0.15) is 0 Å². The summed E-state index contributed by atoms with van der Waals surface area (Å²) in [5, 5.41) is 10.6. The molecule has 13 heteroatoms. The zero-order valence-electron chi connectivity index (χ0n) is 24.5. The molecule has 1 saturated heterocycles. The highest BCUT2D eigenvalue weighted by Crippen LogP contribution is 2.27. The molecule has 1 aliphatic rings. The Labute approximate surface area is 252 Å². The van der Waals surface area contributed by atoms with E-state index in [1.165, 1.54) is 15.3 Å². The molecule has 0 saturated carbocycles. The van der Waals surface area contributed by atoms with Gasteiger partial charge in [-0.25, -0.2) is 14.5 Å². The third kappa shape index (κ3) is 5.54. The van der Waals surface area contributed by atoms with Crippen molar-refractivity contribution in [2.45, 2.75) is 19.0 Å². The van der Waals surface area contributed by atoms with Crippen molar-refractivity contribution in [3.63, 3.8) is 0 Å². The Kier molecular flexibility index (Phi) is 7.67. The molecule has 13 nitrogen and oxygen atoms in total. The van der Waals surface area contributed by atoms with Crippen LogP contribution in [0.15, 0.2) is 84.0 Å². The number of methoxy groups -OCH3 is 1. The van der Waals surface area contributed by atoms with E-state index in [2.05, 4.69) is 25.7 Å². The number of rotatable bonds is 9. The third-order valence-electron chi connectivity index (χ3n) is 7.51. The number of amides is 2. The van der Waals surface area contributed by atoms with E-state index in [9.17, 15) is 14.4 Å². The Morgan fingerprint density at radius 3 is 2.61 bits per heavy atom. The highest BCUT2D eigenvalue weighted by Gasteiger charge is 2.31. The Bertz CT molecular complexity index is 1890. The fourth-order valence-electron chi connectivity index (χ4n) is 5.13. The number of likely N-dealkylation sites (tertiary alicyclic amines) is 1. The molecule has 6 rings (SSSR count). The summed E-state index contributed by atoms with van der Waals surface area (Å²) in [4.78, 5) is 51.7. The number of nitrogens with one attached hydrogen (secondary N) is 2. The number of nitrogens with zero attached hydrogens (tertiary/aromatic N) is 7. The molecule has 0 radical (unpaired) electrons. The predicted molar refractivity (Wildman–Crippen MR) is 165 cm³/mol. The van der Waals surface area contributed by atoms with Crippen molar-refractivity contribution in [3.05, 3.63) is 101 Å². The van der Waals surface area contributed by atoms with E-state index in [-0.39, 0.29) is 22.8 Å². The van der Waals surface area contributed by atoms with Gasteiger partial charge in [0, 0.05) is 45.6 Å². The smallest absolute Gasteiger partial charge is 0.279 e. The van der Waals surface area contributed by atoms with Crippen LogP contribution < -0.4 is 25.8 Å². The van der Waals surface area contributed by atoms with Crippen LogP contribution in [0.1, 0.15) is 22.5 Å². The Morgan fingerprint density at radius 1 is 1.09 bits per heavy atom. The topological polar surface area (TPSA) is 139 Å². The zero-order valence-corrected chi connectivity index (χ0v) is 24.5. The quantitative estimate of drug-likeness (QED) is 0.264. The molecule has 5 heterocycles. The van der Waals surface area contributed by atoms with Crippen LogP contribution in [0.4, 0.5) is 17.2 Å². The second-order valence-corrected chi connectivity index (χ2v) is 10.5. The van der Waals surface area contributed by atoms with Gasteiger partial charge in [0.15, 0.2) is 17.2 Å². The SMILES string of the molecule is COc1ccc(CN(C)c2cc(Nc3cccn(-c4ccccn4)c3=O)nn3c(C(=O)N[C@H]4CCN(C)C4=O)cnc23)cc1. The van der Waals surface area contributed by atoms with Gasteiger partial charge in [-0.3, -0.25) is 19.0 Å². The van der Waals surface area contributed by atoms with Gasteiger partial charge in [0.1, 0.15) is 23.3 Å². The number of aromatic nitrogens is 5. The van der Waals surface area contributed by atoms with Gasteiger partial charge in [0.2, 0.25) is 5.91 Å². The Balaban J connectivity index is 1.38. The van der Waals surface area contributed by atoms with Gasteiger partial charge in [0.25, 0.3) is 11.5 Å². The number of fused-ring (bicyclic) bond motifs is 1. The monoisotopic (exact) mass is 593 g/mol. The maximum Gasteiger partial charge on any atom is 0.279 e. The lowest BCUT2D eigenvalue weighted by Gasteiger charge is -2.21. The summed E-state index contributed by atoms with van der Waals surface area (Å²) in [5.74, 6) is 0.926. The summed E-state index contributed by atoms with van der Waals surface area (Å²) < 4.78 is 8.15. The number of benzene rings is 1. The van der Waals surface area contributed by atoms with E-state index in [1.54, 1.807) is 67.8 Å². The molecule has 0 aliphatic carbocycles. The van der Waals surface area contributed by atoms with E-state index in [0.717, 1.165) is 11.3 Å². The Hall–Kier alpha value is -5.72. The van der Waals surface area contributed by atoms with Gasteiger partial charge < -0.3 is 25.2 Å². The number of hydrogen-bond donors (Lipinski definition) is 2. The van der Waals surface area contributed by atoms with E-state index >= 15 is 0 Å². The van der Waals surface area contributed by atoms with Crippen molar-refractivity contribution < 1.29 is 14.3 Å². The highest BCUT2D eigenvalue weighted by molar-refractivity contribution is 5.97. The zero-order chi connectivity index (χ0) is 30.8. The number of imidazole rings is 1. The fraction of sp³-hybridized carbons (Fsp3) is 0.226. The van der Waals surface area contributed by atoms with E-state index < -0.39 is 11.9 Å². The highest BCUT2D eigenvalue weighted by atomic mass is 16.5. The lowest BCUT2D eigenvalue weighted by Crippen LogP contribution is -2.41. The van der Waals surface area contributed by atoms with Crippen LogP contribution in [-0.4, -0.2) is 74.7 Å². The van der Waals surface area contributed by atoms with Gasteiger partial charge in [0.05, 0.1) is 19.0 Å². The fourth-order valence-corrected chi connectivity index (χ4v) is 5.13. The summed E-state index contributed by atoms with van der Waals surface area (Å²) in [6.07, 6.45) is 5.21. The van der Waals surface area contributed by atoms with Crippen molar-refractivity contribution >= 4 is 34.7 Å². The lowest BCUT2D eigenvalue weighted by molar-refractivity contribution is -0.128. The molecule has 1 aromatic carbocycles. The minimum absolute atomic E-state index is 0.143. The average Bonchev–Trinajstić information content (AvgIpc) is 3.61. The molecule has 2 N–H and O–H groups in total. The molecule has 224 valence electrons. The van der Waals surface area contributed by atoms with Crippen LogP contribution in [0.25, 0.3) is 11.5 Å². The molecule has 44 heavy (non-hydrogen) atoms. The molecule has 2 amide bonds. The van der Waals surface area contributed by atoms with Crippen LogP contribution in [-0.2, 0) is 11.3 Å². The average molecular weight is 594 g/mol. The first kappa shape index (κ1) is 28.4. The number of likely N-dealkylation sites (N-methyl/N-ethyl adjacent to an activating group) is 1. The molecule has 1 fully saturated rings. The van der Waals surface area contributed by atoms with Gasteiger partial charge in [-0.1, -0.05) is 18.2 Å². The number of pyridine rings is 2. The first-order valence-corrected chi connectivity index (χ1v) is 14.0. The lowest BCUT2D eigenvalue weighted by atomic mass is 10.2. The predicted octanol–water partition coefficient (Wildman–Crippen LogP) is 2.62. The van der Waals surface area contributed by atoms with Crippen molar-refractivity contribution in [1.82, 2.24) is 34.4 Å². The minimum Gasteiger partial charge on any atom is -0.497 e. The number of carbonyl (C=O) groups excluding carboxylic acids is 2.